The van der Waals surface area contributed by atoms with Crippen molar-refractivity contribution < 1.29 is 18.8 Å². The maximum Gasteiger partial charge on any atom is 0.289 e. The predicted molar refractivity (Wildman–Crippen MR) is 103 cm³/mol. The zero-order valence-corrected chi connectivity index (χ0v) is 16.1. The first-order valence-electron chi connectivity index (χ1n) is 9.46. The minimum atomic E-state index is -0.464. The first-order valence-corrected chi connectivity index (χ1v) is 9.46. The topological polar surface area (TPSA) is 74.1 Å². The summed E-state index contributed by atoms with van der Waals surface area (Å²) in [4.78, 5) is 43.1. The van der Waals surface area contributed by atoms with Gasteiger partial charge in [0.15, 0.2) is 5.76 Å². The Morgan fingerprint density at radius 3 is 2.46 bits per heavy atom. The van der Waals surface area contributed by atoms with E-state index in [0.717, 1.165) is 11.1 Å². The lowest BCUT2D eigenvalue weighted by Gasteiger charge is -2.36. The first-order chi connectivity index (χ1) is 13.5. The summed E-state index contributed by atoms with van der Waals surface area (Å²) < 4.78 is 5.18. The summed E-state index contributed by atoms with van der Waals surface area (Å²) >= 11 is 0. The number of amides is 3. The summed E-state index contributed by atoms with van der Waals surface area (Å²) in [6.07, 6.45) is 1.66. The quantitative estimate of drug-likeness (QED) is 0.760. The minimum absolute atomic E-state index is 0.143. The Hall–Kier alpha value is -2.93. The molecule has 146 valence electrons. The molecule has 2 fully saturated rings. The van der Waals surface area contributed by atoms with Crippen molar-refractivity contribution in [2.24, 2.45) is 0 Å². The highest BCUT2D eigenvalue weighted by molar-refractivity contribution is 6.22. The van der Waals surface area contributed by atoms with E-state index < -0.39 is 6.04 Å². The Morgan fingerprint density at radius 1 is 1.07 bits per heavy atom. The van der Waals surface area contributed by atoms with Crippen LogP contribution in [0.15, 0.2) is 41.0 Å². The standard InChI is InChI=1S/C21H23N3O4/c1-14-5-6-16(15(2)12-14)24-19(25)13-17(20(24)26)22-7-9-23(10-8-22)21(27)18-4-3-11-28-18/h3-6,11-12,17H,7-10,13H2,1-2H3/t17-/m0/s1. The van der Waals surface area contributed by atoms with Gasteiger partial charge in [-0.3, -0.25) is 19.3 Å². The molecule has 1 aromatic heterocycles. The van der Waals surface area contributed by atoms with Gasteiger partial charge in [0.2, 0.25) is 5.91 Å². The van der Waals surface area contributed by atoms with Crippen molar-refractivity contribution in [3.63, 3.8) is 0 Å². The molecule has 0 radical (unpaired) electrons. The number of imide groups is 1. The van der Waals surface area contributed by atoms with Gasteiger partial charge in [-0.05, 0) is 37.6 Å². The maximum atomic E-state index is 13.0. The van der Waals surface area contributed by atoms with Crippen molar-refractivity contribution in [1.29, 1.82) is 0 Å². The van der Waals surface area contributed by atoms with Crippen LogP contribution in [0.4, 0.5) is 5.69 Å². The van der Waals surface area contributed by atoms with Gasteiger partial charge in [-0.2, -0.15) is 0 Å². The lowest BCUT2D eigenvalue weighted by molar-refractivity contribution is -0.123. The number of carbonyl (C=O) groups is 3. The molecule has 0 spiro atoms. The average Bonchev–Trinajstić information content (AvgIpc) is 3.31. The molecule has 2 aliphatic rings. The number of nitrogens with zero attached hydrogens (tertiary/aromatic N) is 3. The van der Waals surface area contributed by atoms with Crippen LogP contribution in [0.25, 0.3) is 0 Å². The van der Waals surface area contributed by atoms with Crippen LogP contribution in [0.5, 0.6) is 0 Å². The molecule has 28 heavy (non-hydrogen) atoms. The number of hydrogen-bond acceptors (Lipinski definition) is 5. The number of rotatable bonds is 3. The third kappa shape index (κ3) is 3.22. The highest BCUT2D eigenvalue weighted by atomic mass is 16.3. The van der Waals surface area contributed by atoms with E-state index in [4.69, 9.17) is 4.42 Å². The number of piperazine rings is 1. The fourth-order valence-corrected chi connectivity index (χ4v) is 4.00. The van der Waals surface area contributed by atoms with Gasteiger partial charge >= 0.3 is 0 Å². The van der Waals surface area contributed by atoms with Gasteiger partial charge < -0.3 is 9.32 Å². The van der Waals surface area contributed by atoms with E-state index in [1.165, 1.54) is 11.2 Å². The smallest absolute Gasteiger partial charge is 0.289 e. The number of anilines is 1. The molecular formula is C21H23N3O4. The van der Waals surface area contributed by atoms with Crippen molar-refractivity contribution in [3.05, 3.63) is 53.5 Å². The molecular weight excluding hydrogens is 358 g/mol. The van der Waals surface area contributed by atoms with E-state index in [1.54, 1.807) is 17.0 Å². The molecule has 3 amide bonds. The maximum absolute atomic E-state index is 13.0. The average molecular weight is 381 g/mol. The molecule has 0 aliphatic carbocycles. The highest BCUT2D eigenvalue weighted by Gasteiger charge is 2.44. The van der Waals surface area contributed by atoms with E-state index in [2.05, 4.69) is 0 Å². The van der Waals surface area contributed by atoms with Crippen LogP contribution in [-0.4, -0.2) is 59.7 Å². The van der Waals surface area contributed by atoms with Gasteiger partial charge in [0, 0.05) is 26.2 Å². The van der Waals surface area contributed by atoms with Gasteiger partial charge in [0.1, 0.15) is 0 Å². The Morgan fingerprint density at radius 2 is 1.82 bits per heavy atom. The third-order valence-electron chi connectivity index (χ3n) is 5.49. The predicted octanol–water partition coefficient (Wildman–Crippen LogP) is 1.99. The lowest BCUT2D eigenvalue weighted by atomic mass is 10.1. The molecule has 3 heterocycles. The van der Waals surface area contributed by atoms with Crippen molar-refractivity contribution >= 4 is 23.4 Å². The lowest BCUT2D eigenvalue weighted by Crippen LogP contribution is -2.53. The molecule has 0 bridgehead atoms. The van der Waals surface area contributed by atoms with Crippen molar-refractivity contribution in [3.8, 4) is 0 Å². The third-order valence-corrected chi connectivity index (χ3v) is 5.49. The van der Waals surface area contributed by atoms with Gasteiger partial charge in [0.05, 0.1) is 24.4 Å². The molecule has 2 aromatic rings. The molecule has 0 saturated carbocycles. The second kappa shape index (κ2) is 7.24. The summed E-state index contributed by atoms with van der Waals surface area (Å²) in [5.74, 6) is -0.171. The zero-order chi connectivity index (χ0) is 19.8. The number of hydrogen-bond donors (Lipinski definition) is 0. The zero-order valence-electron chi connectivity index (χ0n) is 16.1. The Kier molecular flexibility index (Phi) is 4.77. The Labute approximate surface area is 163 Å². The van der Waals surface area contributed by atoms with Crippen LogP contribution in [0, 0.1) is 13.8 Å². The number of carbonyl (C=O) groups excluding carboxylic acids is 3. The van der Waals surface area contributed by atoms with Crippen molar-refractivity contribution in [2.75, 3.05) is 31.1 Å². The summed E-state index contributed by atoms with van der Waals surface area (Å²) in [6.45, 7) is 6.00. The van der Waals surface area contributed by atoms with E-state index in [-0.39, 0.29) is 24.1 Å². The van der Waals surface area contributed by atoms with Crippen LogP contribution >= 0.6 is 0 Å². The van der Waals surface area contributed by atoms with Crippen LogP contribution in [0.2, 0.25) is 0 Å². The van der Waals surface area contributed by atoms with Gasteiger partial charge in [-0.25, -0.2) is 4.90 Å². The van der Waals surface area contributed by atoms with Crippen LogP contribution in [0.3, 0.4) is 0 Å². The Balaban J connectivity index is 1.44. The number of furan rings is 1. The van der Waals surface area contributed by atoms with Gasteiger partial charge in [-0.1, -0.05) is 17.7 Å². The second-order valence-electron chi connectivity index (χ2n) is 7.38. The van der Waals surface area contributed by atoms with Crippen LogP contribution in [0.1, 0.15) is 28.1 Å². The molecule has 2 saturated heterocycles. The SMILES string of the molecule is Cc1ccc(N2C(=O)C[C@H](N3CCN(C(=O)c4ccco4)CC3)C2=O)c(C)c1. The van der Waals surface area contributed by atoms with Crippen molar-refractivity contribution in [1.82, 2.24) is 9.80 Å². The molecule has 1 atom stereocenters. The summed E-state index contributed by atoms with van der Waals surface area (Å²) in [5, 5.41) is 0. The molecule has 4 rings (SSSR count). The van der Waals surface area contributed by atoms with Crippen LogP contribution < -0.4 is 4.90 Å². The summed E-state index contributed by atoms with van der Waals surface area (Å²) in [6, 6.07) is 8.60. The summed E-state index contributed by atoms with van der Waals surface area (Å²) in [7, 11) is 0. The number of aryl methyl sites for hydroxylation is 2. The number of benzene rings is 1. The largest absolute Gasteiger partial charge is 0.459 e. The fourth-order valence-electron chi connectivity index (χ4n) is 4.00. The van der Waals surface area contributed by atoms with Gasteiger partial charge in [0.25, 0.3) is 11.8 Å². The molecule has 0 unspecified atom stereocenters. The fraction of sp³-hybridized carbons (Fsp3) is 0.381. The van der Waals surface area contributed by atoms with E-state index in [1.807, 2.05) is 36.9 Å². The van der Waals surface area contributed by atoms with E-state index >= 15 is 0 Å². The molecule has 0 N–H and O–H groups in total. The monoisotopic (exact) mass is 381 g/mol. The second-order valence-corrected chi connectivity index (χ2v) is 7.38. The van der Waals surface area contributed by atoms with Gasteiger partial charge in [-0.15, -0.1) is 0 Å². The molecule has 7 nitrogen and oxygen atoms in total. The van der Waals surface area contributed by atoms with E-state index in [0.29, 0.717) is 37.6 Å². The van der Waals surface area contributed by atoms with Crippen molar-refractivity contribution in [2.45, 2.75) is 26.3 Å². The molecule has 7 heteroatoms. The molecule has 2 aliphatic heterocycles. The van der Waals surface area contributed by atoms with Crippen LogP contribution in [-0.2, 0) is 9.59 Å². The van der Waals surface area contributed by atoms with E-state index in [9.17, 15) is 14.4 Å². The minimum Gasteiger partial charge on any atom is -0.459 e. The molecule has 1 aromatic carbocycles. The highest BCUT2D eigenvalue weighted by Crippen LogP contribution is 2.29. The first kappa shape index (κ1) is 18.4. The summed E-state index contributed by atoms with van der Waals surface area (Å²) in [5.41, 5.74) is 2.67. The Bertz CT molecular complexity index is 914. The normalized spacial score (nSPS) is 20.9.